The molecule has 0 aromatic carbocycles. The number of carbonyl (C=O) groups is 1. The quantitative estimate of drug-likeness (QED) is 0.798. The van der Waals surface area contributed by atoms with Crippen LogP contribution in [0.4, 0.5) is 10.7 Å². The number of thiophene rings is 1. The minimum Gasteiger partial charge on any atom is -0.492 e. The number of rotatable bonds is 6. The zero-order valence-electron chi connectivity index (χ0n) is 11.9. The highest BCUT2D eigenvalue weighted by molar-refractivity contribution is 7.19. The smallest absolute Gasteiger partial charge is 0.350 e. The predicted molar refractivity (Wildman–Crippen MR) is 82.8 cm³/mol. The summed E-state index contributed by atoms with van der Waals surface area (Å²) in [4.78, 5) is 16.2. The van der Waals surface area contributed by atoms with Crippen LogP contribution < -0.4 is 15.8 Å². The van der Waals surface area contributed by atoms with Crippen molar-refractivity contribution in [2.75, 3.05) is 24.8 Å². The number of hydrogen-bond acceptors (Lipinski definition) is 7. The van der Waals surface area contributed by atoms with Crippen molar-refractivity contribution in [2.45, 2.75) is 13.5 Å². The Balaban J connectivity index is 2.19. The number of nitrogens with zero attached hydrogens (tertiary/aromatic N) is 1. The Morgan fingerprint density at radius 2 is 2.14 bits per heavy atom. The number of carbonyl (C=O) groups excluding carboxylic acids is 1. The molecule has 0 atom stereocenters. The highest BCUT2D eigenvalue weighted by Crippen LogP contribution is 2.42. The predicted octanol–water partition coefficient (Wildman–Crippen LogP) is 2.52. The monoisotopic (exact) mass is 307 g/mol. The van der Waals surface area contributed by atoms with Crippen molar-refractivity contribution in [1.82, 2.24) is 4.98 Å². The molecule has 2 aromatic rings. The van der Waals surface area contributed by atoms with Gasteiger partial charge >= 0.3 is 5.97 Å². The van der Waals surface area contributed by atoms with E-state index >= 15 is 0 Å². The van der Waals surface area contributed by atoms with Crippen molar-refractivity contribution in [3.8, 4) is 5.75 Å². The Bertz CT molecular complexity index is 613. The maximum Gasteiger partial charge on any atom is 0.350 e. The summed E-state index contributed by atoms with van der Waals surface area (Å²) >= 11 is 1.23. The van der Waals surface area contributed by atoms with Gasteiger partial charge in [0.05, 0.1) is 13.7 Å². The molecule has 21 heavy (non-hydrogen) atoms. The summed E-state index contributed by atoms with van der Waals surface area (Å²) in [5.74, 6) is 0.0346. The maximum absolute atomic E-state index is 11.8. The van der Waals surface area contributed by atoms with Crippen LogP contribution in [0.3, 0.4) is 0 Å². The van der Waals surface area contributed by atoms with Crippen LogP contribution >= 0.6 is 11.3 Å². The van der Waals surface area contributed by atoms with E-state index in [-0.39, 0.29) is 0 Å². The van der Waals surface area contributed by atoms with E-state index in [1.807, 2.05) is 12.1 Å². The maximum atomic E-state index is 11.8. The summed E-state index contributed by atoms with van der Waals surface area (Å²) in [6.45, 7) is 2.64. The molecule has 0 aliphatic carbocycles. The fourth-order valence-corrected chi connectivity index (χ4v) is 2.76. The van der Waals surface area contributed by atoms with E-state index in [1.54, 1.807) is 19.3 Å². The summed E-state index contributed by atoms with van der Waals surface area (Å²) in [6, 6.07) is 3.81. The molecule has 0 amide bonds. The highest BCUT2D eigenvalue weighted by Gasteiger charge is 2.22. The number of anilines is 2. The van der Waals surface area contributed by atoms with Gasteiger partial charge in [-0.15, -0.1) is 11.3 Å². The molecule has 0 bridgehead atoms. The molecule has 2 rings (SSSR count). The molecule has 0 saturated heterocycles. The van der Waals surface area contributed by atoms with Gasteiger partial charge in [-0.05, 0) is 24.6 Å². The Morgan fingerprint density at radius 3 is 2.76 bits per heavy atom. The number of ether oxygens (including phenoxy) is 2. The Hall–Kier alpha value is -2.28. The lowest BCUT2D eigenvalue weighted by Gasteiger charge is -2.06. The average molecular weight is 307 g/mol. The van der Waals surface area contributed by atoms with E-state index in [4.69, 9.17) is 15.2 Å². The van der Waals surface area contributed by atoms with E-state index in [9.17, 15) is 4.79 Å². The Labute approximate surface area is 126 Å². The van der Waals surface area contributed by atoms with Crippen molar-refractivity contribution >= 4 is 28.0 Å². The van der Waals surface area contributed by atoms with Crippen molar-refractivity contribution in [2.24, 2.45) is 0 Å². The van der Waals surface area contributed by atoms with Crippen LogP contribution in [0.5, 0.6) is 5.75 Å². The molecule has 0 fully saturated rings. The van der Waals surface area contributed by atoms with Gasteiger partial charge in [-0.1, -0.05) is 0 Å². The highest BCUT2D eigenvalue weighted by atomic mass is 32.1. The minimum absolute atomic E-state index is 0.304. The molecule has 0 aliphatic heterocycles. The summed E-state index contributed by atoms with van der Waals surface area (Å²) in [5, 5.41) is 3.92. The minimum atomic E-state index is -0.435. The van der Waals surface area contributed by atoms with Gasteiger partial charge in [0.1, 0.15) is 15.6 Å². The molecule has 0 unspecified atom stereocenters. The number of aromatic nitrogens is 1. The van der Waals surface area contributed by atoms with E-state index in [0.29, 0.717) is 34.5 Å². The fourth-order valence-electron chi connectivity index (χ4n) is 1.78. The molecule has 0 saturated carbocycles. The molecule has 0 spiro atoms. The number of esters is 1. The molecule has 0 radical (unpaired) electrons. The van der Waals surface area contributed by atoms with E-state index in [1.165, 1.54) is 18.4 Å². The van der Waals surface area contributed by atoms with Gasteiger partial charge < -0.3 is 20.5 Å². The van der Waals surface area contributed by atoms with Crippen LogP contribution in [0.15, 0.2) is 24.5 Å². The number of pyridine rings is 1. The van der Waals surface area contributed by atoms with Gasteiger partial charge in [-0.25, -0.2) is 4.79 Å². The zero-order chi connectivity index (χ0) is 15.2. The van der Waals surface area contributed by atoms with E-state index in [2.05, 4.69) is 10.3 Å². The normalized spacial score (nSPS) is 10.2. The molecule has 2 aromatic heterocycles. The lowest BCUT2D eigenvalue weighted by Crippen LogP contribution is -2.05. The second-order valence-corrected chi connectivity index (χ2v) is 5.16. The topological polar surface area (TPSA) is 86.5 Å². The summed E-state index contributed by atoms with van der Waals surface area (Å²) in [5.41, 5.74) is 7.32. The molecule has 0 aliphatic rings. The molecule has 7 heteroatoms. The first-order valence-electron chi connectivity index (χ1n) is 6.43. The standard InChI is InChI=1S/C14H17N3O3S/c1-3-20-14(18)12-10(15)11(19-2)13(21-12)17-8-9-4-6-16-7-5-9/h4-7,17H,3,8,15H2,1-2H3. The molecule has 6 nitrogen and oxygen atoms in total. The van der Waals surface area contributed by atoms with Gasteiger partial charge in [0.25, 0.3) is 0 Å². The van der Waals surface area contributed by atoms with Crippen LogP contribution in [0, 0.1) is 0 Å². The van der Waals surface area contributed by atoms with Crippen LogP contribution in [-0.2, 0) is 11.3 Å². The van der Waals surface area contributed by atoms with Gasteiger partial charge in [0, 0.05) is 18.9 Å². The number of methoxy groups -OCH3 is 1. The lowest BCUT2D eigenvalue weighted by molar-refractivity contribution is 0.0533. The molecular weight excluding hydrogens is 290 g/mol. The second-order valence-electron chi connectivity index (χ2n) is 4.14. The number of nitrogens with two attached hydrogens (primary N) is 1. The van der Waals surface area contributed by atoms with Crippen LogP contribution in [0.25, 0.3) is 0 Å². The van der Waals surface area contributed by atoms with Gasteiger partial charge in [-0.3, -0.25) is 4.98 Å². The van der Waals surface area contributed by atoms with Crippen LogP contribution in [-0.4, -0.2) is 24.7 Å². The Kier molecular flexibility index (Phi) is 4.99. The molecule has 3 N–H and O–H groups in total. The van der Waals surface area contributed by atoms with Crippen molar-refractivity contribution in [1.29, 1.82) is 0 Å². The largest absolute Gasteiger partial charge is 0.492 e. The van der Waals surface area contributed by atoms with E-state index < -0.39 is 5.97 Å². The fraction of sp³-hybridized carbons (Fsp3) is 0.286. The number of hydrogen-bond donors (Lipinski definition) is 2. The SMILES string of the molecule is CCOC(=O)c1sc(NCc2ccncc2)c(OC)c1N. The van der Waals surface area contributed by atoms with Crippen molar-refractivity contribution in [3.05, 3.63) is 35.0 Å². The first kappa shape index (κ1) is 15.1. The first-order valence-corrected chi connectivity index (χ1v) is 7.25. The van der Waals surface area contributed by atoms with Crippen LogP contribution in [0.2, 0.25) is 0 Å². The molecule has 112 valence electrons. The van der Waals surface area contributed by atoms with Crippen molar-refractivity contribution in [3.63, 3.8) is 0 Å². The van der Waals surface area contributed by atoms with Gasteiger partial charge in [0.2, 0.25) is 0 Å². The molecular formula is C14H17N3O3S. The summed E-state index contributed by atoms with van der Waals surface area (Å²) in [6.07, 6.45) is 3.45. The summed E-state index contributed by atoms with van der Waals surface area (Å²) < 4.78 is 10.3. The van der Waals surface area contributed by atoms with Crippen LogP contribution in [0.1, 0.15) is 22.2 Å². The third-order valence-electron chi connectivity index (χ3n) is 2.77. The first-order chi connectivity index (χ1) is 10.2. The third kappa shape index (κ3) is 3.43. The molecule has 2 heterocycles. The number of nitrogens with one attached hydrogen (secondary N) is 1. The Morgan fingerprint density at radius 1 is 1.43 bits per heavy atom. The van der Waals surface area contributed by atoms with Crippen molar-refractivity contribution < 1.29 is 14.3 Å². The summed E-state index contributed by atoms with van der Waals surface area (Å²) in [7, 11) is 1.52. The number of nitrogen functional groups attached to an aromatic ring is 1. The second kappa shape index (κ2) is 6.94. The van der Waals surface area contributed by atoms with E-state index in [0.717, 1.165) is 5.56 Å². The van der Waals surface area contributed by atoms with Gasteiger partial charge in [-0.2, -0.15) is 0 Å². The lowest BCUT2D eigenvalue weighted by atomic mass is 10.3. The third-order valence-corrected chi connectivity index (χ3v) is 3.89. The van der Waals surface area contributed by atoms with Gasteiger partial charge in [0.15, 0.2) is 5.75 Å². The zero-order valence-corrected chi connectivity index (χ0v) is 12.7. The average Bonchev–Trinajstić information content (AvgIpc) is 2.82.